The fourth-order valence-corrected chi connectivity index (χ4v) is 3.00. The first-order chi connectivity index (χ1) is 9.22. The van der Waals surface area contributed by atoms with E-state index in [4.69, 9.17) is 4.98 Å². The summed E-state index contributed by atoms with van der Waals surface area (Å²) in [5.74, 6) is 0.493. The first-order valence-electron chi connectivity index (χ1n) is 6.98. The van der Waals surface area contributed by atoms with Gasteiger partial charge in [0.25, 0.3) is 0 Å². The third-order valence-electron chi connectivity index (χ3n) is 2.97. The third kappa shape index (κ3) is 3.64. The van der Waals surface area contributed by atoms with Gasteiger partial charge < -0.3 is 5.32 Å². The molecule has 0 fully saturated rings. The quantitative estimate of drug-likeness (QED) is 0.788. The second kappa shape index (κ2) is 6.83. The van der Waals surface area contributed by atoms with Crippen molar-refractivity contribution < 1.29 is 0 Å². The van der Waals surface area contributed by atoms with E-state index in [9.17, 15) is 0 Å². The van der Waals surface area contributed by atoms with Crippen LogP contribution >= 0.6 is 11.3 Å². The minimum Gasteiger partial charge on any atom is -0.312 e. The summed E-state index contributed by atoms with van der Waals surface area (Å²) in [6.45, 7) is 8.58. The molecule has 0 radical (unpaired) electrons. The summed E-state index contributed by atoms with van der Waals surface area (Å²) in [6.07, 6.45) is 1.16. The molecule has 0 saturated carbocycles. The number of rotatable bonds is 6. The van der Waals surface area contributed by atoms with Gasteiger partial charge in [-0.2, -0.15) is 0 Å². The smallest absolute Gasteiger partial charge is 0.0961 e. The van der Waals surface area contributed by atoms with Crippen LogP contribution in [0.3, 0.4) is 0 Å². The Morgan fingerprint density at radius 2 is 1.95 bits per heavy atom. The summed E-state index contributed by atoms with van der Waals surface area (Å²) in [5, 5.41) is 4.71. The van der Waals surface area contributed by atoms with Gasteiger partial charge in [-0.25, -0.2) is 4.98 Å². The normalized spacial score (nSPS) is 11.2. The lowest BCUT2D eigenvalue weighted by atomic mass is 10.1. The average molecular weight is 274 g/mol. The van der Waals surface area contributed by atoms with Gasteiger partial charge in [0.05, 0.1) is 10.7 Å². The van der Waals surface area contributed by atoms with Crippen molar-refractivity contribution in [2.45, 2.75) is 39.7 Å². The van der Waals surface area contributed by atoms with Crippen molar-refractivity contribution in [3.05, 3.63) is 40.2 Å². The Kier molecular flexibility index (Phi) is 5.11. The lowest BCUT2D eigenvalue weighted by molar-refractivity contribution is 0.681. The van der Waals surface area contributed by atoms with Gasteiger partial charge in [0.15, 0.2) is 0 Å². The molecule has 0 aliphatic carbocycles. The minimum atomic E-state index is 0.493. The van der Waals surface area contributed by atoms with E-state index < -0.39 is 0 Å². The number of hydrogen-bond acceptors (Lipinski definition) is 3. The molecule has 2 aromatic rings. The Balaban J connectivity index is 2.29. The van der Waals surface area contributed by atoms with Crippen molar-refractivity contribution in [2.24, 2.45) is 0 Å². The van der Waals surface area contributed by atoms with Crippen molar-refractivity contribution in [3.8, 4) is 11.3 Å². The van der Waals surface area contributed by atoms with Crippen LogP contribution < -0.4 is 5.32 Å². The van der Waals surface area contributed by atoms with Crippen LogP contribution in [-0.4, -0.2) is 11.5 Å². The number of thiazole rings is 1. The van der Waals surface area contributed by atoms with Crippen LogP contribution in [0.4, 0.5) is 0 Å². The maximum absolute atomic E-state index is 4.84. The second-order valence-corrected chi connectivity index (χ2v) is 6.14. The highest BCUT2D eigenvalue weighted by atomic mass is 32.1. The van der Waals surface area contributed by atoms with Crippen LogP contribution in [0.1, 0.15) is 43.0 Å². The van der Waals surface area contributed by atoms with Gasteiger partial charge in [-0.15, -0.1) is 11.3 Å². The summed E-state index contributed by atoms with van der Waals surface area (Å²) in [4.78, 5) is 6.19. The zero-order valence-electron chi connectivity index (χ0n) is 11.9. The molecule has 0 aliphatic heterocycles. The van der Waals surface area contributed by atoms with E-state index in [-0.39, 0.29) is 0 Å². The van der Waals surface area contributed by atoms with E-state index in [1.165, 1.54) is 15.4 Å². The maximum Gasteiger partial charge on any atom is 0.0961 e. The van der Waals surface area contributed by atoms with Crippen molar-refractivity contribution in [3.63, 3.8) is 0 Å². The molecule has 1 aromatic heterocycles. The highest BCUT2D eigenvalue weighted by Crippen LogP contribution is 2.31. The predicted octanol–water partition coefficient (Wildman–Crippen LogP) is 4.43. The van der Waals surface area contributed by atoms with Crippen molar-refractivity contribution >= 4 is 11.3 Å². The van der Waals surface area contributed by atoms with Crippen LogP contribution in [0.25, 0.3) is 11.3 Å². The minimum absolute atomic E-state index is 0.493. The molecule has 2 rings (SSSR count). The number of nitrogens with zero attached hydrogens (tertiary/aromatic N) is 1. The zero-order valence-corrected chi connectivity index (χ0v) is 12.8. The Hall–Kier alpha value is -1.19. The summed E-state index contributed by atoms with van der Waals surface area (Å²) >= 11 is 1.84. The maximum atomic E-state index is 4.84. The monoisotopic (exact) mass is 274 g/mol. The Bertz CT molecular complexity index is 503. The second-order valence-electron chi connectivity index (χ2n) is 5.02. The standard InChI is InChI=1S/C16H22N2S/c1-4-10-17-11-14-15(13-8-6-5-7-9-13)18-16(19-14)12(2)3/h5-9,12,17H,4,10-11H2,1-3H3. The zero-order chi connectivity index (χ0) is 13.7. The number of nitrogens with one attached hydrogen (secondary N) is 1. The van der Waals surface area contributed by atoms with Gasteiger partial charge in [-0.1, -0.05) is 51.1 Å². The molecule has 2 nitrogen and oxygen atoms in total. The number of aromatic nitrogens is 1. The van der Waals surface area contributed by atoms with Gasteiger partial charge in [-0.05, 0) is 13.0 Å². The molecular formula is C16H22N2S. The van der Waals surface area contributed by atoms with E-state index >= 15 is 0 Å². The van der Waals surface area contributed by atoms with Crippen LogP contribution in [0.2, 0.25) is 0 Å². The van der Waals surface area contributed by atoms with E-state index in [0.717, 1.165) is 25.2 Å². The molecule has 1 aromatic carbocycles. The summed E-state index contributed by atoms with van der Waals surface area (Å²) < 4.78 is 0. The predicted molar refractivity (Wildman–Crippen MR) is 83.6 cm³/mol. The van der Waals surface area contributed by atoms with Crippen LogP contribution in [-0.2, 0) is 6.54 Å². The van der Waals surface area contributed by atoms with E-state index in [1.807, 2.05) is 17.4 Å². The molecule has 0 saturated heterocycles. The molecule has 0 aliphatic rings. The van der Waals surface area contributed by atoms with Crippen molar-refractivity contribution in [1.82, 2.24) is 10.3 Å². The van der Waals surface area contributed by atoms with Crippen LogP contribution in [0.5, 0.6) is 0 Å². The lowest BCUT2D eigenvalue weighted by Crippen LogP contribution is -2.13. The molecule has 0 amide bonds. The molecule has 0 spiro atoms. The molecule has 3 heteroatoms. The SMILES string of the molecule is CCCNCc1sc(C(C)C)nc1-c1ccccc1. The first-order valence-corrected chi connectivity index (χ1v) is 7.79. The third-order valence-corrected chi connectivity index (χ3v) is 4.32. The summed E-state index contributed by atoms with van der Waals surface area (Å²) in [7, 11) is 0. The molecule has 1 N–H and O–H groups in total. The average Bonchev–Trinajstić information content (AvgIpc) is 2.84. The Labute approximate surface area is 119 Å². The molecule has 102 valence electrons. The van der Waals surface area contributed by atoms with Gasteiger partial charge in [0, 0.05) is 22.9 Å². The Morgan fingerprint density at radius 3 is 2.58 bits per heavy atom. The van der Waals surface area contributed by atoms with Gasteiger partial charge in [0.1, 0.15) is 0 Å². The molecule has 0 unspecified atom stereocenters. The van der Waals surface area contributed by atoms with E-state index in [2.05, 4.69) is 50.4 Å². The molecule has 0 atom stereocenters. The molecular weight excluding hydrogens is 252 g/mol. The summed E-state index contributed by atoms with van der Waals surface area (Å²) in [5.41, 5.74) is 2.37. The first kappa shape index (κ1) is 14.2. The highest BCUT2D eigenvalue weighted by molar-refractivity contribution is 7.12. The number of hydrogen-bond donors (Lipinski definition) is 1. The number of benzene rings is 1. The largest absolute Gasteiger partial charge is 0.312 e. The fraction of sp³-hybridized carbons (Fsp3) is 0.438. The van der Waals surface area contributed by atoms with Crippen molar-refractivity contribution in [1.29, 1.82) is 0 Å². The van der Waals surface area contributed by atoms with E-state index in [1.54, 1.807) is 0 Å². The van der Waals surface area contributed by atoms with Crippen molar-refractivity contribution in [2.75, 3.05) is 6.54 Å². The topological polar surface area (TPSA) is 24.9 Å². The Morgan fingerprint density at radius 1 is 1.21 bits per heavy atom. The molecule has 0 bridgehead atoms. The van der Waals surface area contributed by atoms with Crippen LogP contribution in [0.15, 0.2) is 30.3 Å². The molecule has 1 heterocycles. The van der Waals surface area contributed by atoms with Gasteiger partial charge in [0.2, 0.25) is 0 Å². The van der Waals surface area contributed by atoms with Crippen LogP contribution in [0, 0.1) is 0 Å². The fourth-order valence-electron chi connectivity index (χ4n) is 1.94. The lowest BCUT2D eigenvalue weighted by Gasteiger charge is -2.03. The molecule has 19 heavy (non-hydrogen) atoms. The van der Waals surface area contributed by atoms with E-state index in [0.29, 0.717) is 5.92 Å². The highest BCUT2D eigenvalue weighted by Gasteiger charge is 2.14. The van der Waals surface area contributed by atoms with Gasteiger partial charge in [-0.3, -0.25) is 0 Å². The summed E-state index contributed by atoms with van der Waals surface area (Å²) in [6, 6.07) is 10.5. The van der Waals surface area contributed by atoms with Gasteiger partial charge >= 0.3 is 0 Å².